The second-order valence-electron chi connectivity index (χ2n) is 7.64. The Bertz CT molecular complexity index is 1000. The van der Waals surface area contributed by atoms with Crippen LogP contribution in [0.1, 0.15) is 24.0 Å². The fraction of sp³-hybridized carbons (Fsp3) is 0.318. The van der Waals surface area contributed by atoms with Crippen LogP contribution in [-0.4, -0.2) is 46.3 Å². The van der Waals surface area contributed by atoms with E-state index in [0.29, 0.717) is 41.5 Å². The average molecular weight is 446 g/mol. The molecule has 2 aromatic carbocycles. The third-order valence-corrected chi connectivity index (χ3v) is 6.54. The number of benzene rings is 2. The molecule has 0 unspecified atom stereocenters. The Kier molecular flexibility index (Phi) is 5.71. The molecule has 2 aliphatic heterocycles. The van der Waals surface area contributed by atoms with Gasteiger partial charge in [-0.1, -0.05) is 59.6 Å². The third kappa shape index (κ3) is 3.89. The quantitative estimate of drug-likeness (QED) is 0.730. The lowest BCUT2D eigenvalue weighted by molar-refractivity contribution is -0.138. The van der Waals surface area contributed by atoms with Crippen LogP contribution in [0, 0.1) is 0 Å². The zero-order chi connectivity index (χ0) is 21.3. The molecule has 2 saturated heterocycles. The summed E-state index contributed by atoms with van der Waals surface area (Å²) in [6.45, 7) is 0.922. The number of nitrogens with zero attached hydrogens (tertiary/aromatic N) is 2. The summed E-state index contributed by atoms with van der Waals surface area (Å²) in [4.78, 5) is 41.2. The second kappa shape index (κ2) is 8.28. The number of hydrogen-bond acceptors (Lipinski definition) is 3. The maximum absolute atomic E-state index is 13.1. The van der Waals surface area contributed by atoms with Crippen LogP contribution in [0.4, 0.5) is 4.79 Å². The van der Waals surface area contributed by atoms with Crippen molar-refractivity contribution in [3.8, 4) is 0 Å². The molecule has 0 aromatic heterocycles. The van der Waals surface area contributed by atoms with Crippen LogP contribution in [-0.2, 0) is 22.6 Å². The highest BCUT2D eigenvalue weighted by Gasteiger charge is 2.52. The lowest BCUT2D eigenvalue weighted by Gasteiger charge is -2.37. The number of carbonyl (C=O) groups is 3. The van der Waals surface area contributed by atoms with E-state index in [2.05, 4.69) is 5.32 Å². The fourth-order valence-corrected chi connectivity index (χ4v) is 4.41. The first kappa shape index (κ1) is 20.7. The molecule has 2 aliphatic rings. The molecule has 8 heteroatoms. The predicted molar refractivity (Wildman–Crippen MR) is 114 cm³/mol. The molecule has 4 rings (SSSR count). The summed E-state index contributed by atoms with van der Waals surface area (Å²) in [5.74, 6) is -0.298. The molecule has 1 N–H and O–H groups in total. The summed E-state index contributed by atoms with van der Waals surface area (Å²) in [5.41, 5.74) is 0.534. The normalized spacial score (nSPS) is 18.1. The molecule has 2 fully saturated rings. The number of hydrogen-bond donors (Lipinski definition) is 1. The molecule has 1 spiro atoms. The first-order valence-corrected chi connectivity index (χ1v) is 10.5. The number of rotatable bonds is 4. The minimum atomic E-state index is -0.959. The van der Waals surface area contributed by atoms with Crippen LogP contribution in [0.2, 0.25) is 10.0 Å². The van der Waals surface area contributed by atoms with E-state index in [9.17, 15) is 14.4 Å². The van der Waals surface area contributed by atoms with Gasteiger partial charge in [-0.25, -0.2) is 4.79 Å². The van der Waals surface area contributed by atoms with E-state index < -0.39 is 11.6 Å². The Morgan fingerprint density at radius 1 is 0.933 bits per heavy atom. The van der Waals surface area contributed by atoms with Gasteiger partial charge in [0.2, 0.25) is 5.91 Å². The predicted octanol–water partition coefficient (Wildman–Crippen LogP) is 3.65. The standard InChI is InChI=1S/C22H21Cl2N3O3/c23-17-7-3-1-5-15(17)13-19(28)26-11-9-22(10-12-26)20(29)27(21(30)25-22)14-16-6-2-4-8-18(16)24/h1-8H,9-14H2,(H,25,30). The van der Waals surface area contributed by atoms with Gasteiger partial charge in [0.15, 0.2) is 0 Å². The molecule has 4 amide bonds. The smallest absolute Gasteiger partial charge is 0.325 e. The SMILES string of the molecule is O=C(Cc1ccccc1Cl)N1CCC2(CC1)NC(=O)N(Cc1ccccc1Cl)C2=O. The molecule has 6 nitrogen and oxygen atoms in total. The Morgan fingerprint density at radius 2 is 1.50 bits per heavy atom. The van der Waals surface area contributed by atoms with Gasteiger partial charge in [-0.2, -0.15) is 0 Å². The van der Waals surface area contributed by atoms with Gasteiger partial charge in [0, 0.05) is 23.1 Å². The molecule has 0 atom stereocenters. The number of carbonyl (C=O) groups excluding carboxylic acids is 3. The molecule has 2 aromatic rings. The van der Waals surface area contributed by atoms with Crippen molar-refractivity contribution in [3.05, 3.63) is 69.7 Å². The maximum Gasteiger partial charge on any atom is 0.325 e. The summed E-state index contributed by atoms with van der Waals surface area (Å²) in [5, 5.41) is 3.94. The van der Waals surface area contributed by atoms with Crippen LogP contribution in [0.25, 0.3) is 0 Å². The summed E-state index contributed by atoms with van der Waals surface area (Å²) in [6, 6.07) is 14.0. The lowest BCUT2D eigenvalue weighted by Crippen LogP contribution is -2.56. The van der Waals surface area contributed by atoms with E-state index in [0.717, 1.165) is 5.56 Å². The van der Waals surface area contributed by atoms with Crippen LogP contribution < -0.4 is 5.32 Å². The highest BCUT2D eigenvalue weighted by Crippen LogP contribution is 2.31. The maximum atomic E-state index is 13.1. The minimum Gasteiger partial charge on any atom is -0.342 e. The van der Waals surface area contributed by atoms with Crippen LogP contribution >= 0.6 is 23.2 Å². The number of urea groups is 1. The molecule has 30 heavy (non-hydrogen) atoms. The Morgan fingerprint density at radius 3 is 2.10 bits per heavy atom. The van der Waals surface area contributed by atoms with Gasteiger partial charge in [0.25, 0.3) is 5.91 Å². The van der Waals surface area contributed by atoms with Gasteiger partial charge < -0.3 is 10.2 Å². The first-order valence-electron chi connectivity index (χ1n) is 9.78. The van der Waals surface area contributed by atoms with Crippen LogP contribution in [0.5, 0.6) is 0 Å². The Balaban J connectivity index is 1.41. The van der Waals surface area contributed by atoms with Gasteiger partial charge in [-0.05, 0) is 36.1 Å². The Labute approximate surface area is 184 Å². The van der Waals surface area contributed by atoms with Gasteiger partial charge in [0.1, 0.15) is 5.54 Å². The number of amides is 4. The van der Waals surface area contributed by atoms with Crippen molar-refractivity contribution in [2.45, 2.75) is 31.3 Å². The number of piperidine rings is 1. The molecule has 156 valence electrons. The number of halogens is 2. The van der Waals surface area contributed by atoms with E-state index in [1.807, 2.05) is 24.3 Å². The topological polar surface area (TPSA) is 69.7 Å². The van der Waals surface area contributed by atoms with E-state index in [1.165, 1.54) is 4.90 Å². The molecular weight excluding hydrogens is 425 g/mol. The van der Waals surface area contributed by atoms with E-state index in [-0.39, 0.29) is 24.8 Å². The van der Waals surface area contributed by atoms with Gasteiger partial charge >= 0.3 is 6.03 Å². The largest absolute Gasteiger partial charge is 0.342 e. The van der Waals surface area contributed by atoms with Crippen LogP contribution in [0.3, 0.4) is 0 Å². The number of likely N-dealkylation sites (tertiary alicyclic amines) is 1. The summed E-state index contributed by atoms with van der Waals surface area (Å²) < 4.78 is 0. The summed E-state index contributed by atoms with van der Waals surface area (Å²) in [7, 11) is 0. The van der Waals surface area contributed by atoms with E-state index in [1.54, 1.807) is 29.2 Å². The first-order chi connectivity index (χ1) is 14.4. The van der Waals surface area contributed by atoms with Crippen LogP contribution in [0.15, 0.2) is 48.5 Å². The van der Waals surface area contributed by atoms with Gasteiger partial charge in [0.05, 0.1) is 13.0 Å². The molecule has 2 heterocycles. The molecular formula is C22H21Cl2N3O3. The van der Waals surface area contributed by atoms with E-state index >= 15 is 0 Å². The molecule has 0 saturated carbocycles. The minimum absolute atomic E-state index is 0.0392. The summed E-state index contributed by atoms with van der Waals surface area (Å²) >= 11 is 12.3. The highest BCUT2D eigenvalue weighted by atomic mass is 35.5. The fourth-order valence-electron chi connectivity index (χ4n) is 4.01. The third-order valence-electron chi connectivity index (χ3n) is 5.80. The Hall–Kier alpha value is -2.57. The van der Waals surface area contributed by atoms with Crippen molar-refractivity contribution in [2.24, 2.45) is 0 Å². The zero-order valence-electron chi connectivity index (χ0n) is 16.2. The van der Waals surface area contributed by atoms with Gasteiger partial charge in [-0.3, -0.25) is 14.5 Å². The molecule has 0 bridgehead atoms. The zero-order valence-corrected chi connectivity index (χ0v) is 17.7. The average Bonchev–Trinajstić information content (AvgIpc) is 2.96. The van der Waals surface area contributed by atoms with E-state index in [4.69, 9.17) is 23.2 Å². The van der Waals surface area contributed by atoms with Crippen molar-refractivity contribution in [1.29, 1.82) is 0 Å². The number of nitrogens with one attached hydrogen (secondary N) is 1. The van der Waals surface area contributed by atoms with Crippen molar-refractivity contribution in [2.75, 3.05) is 13.1 Å². The molecule has 0 radical (unpaired) electrons. The van der Waals surface area contributed by atoms with Crippen molar-refractivity contribution >= 4 is 41.0 Å². The monoisotopic (exact) mass is 445 g/mol. The highest BCUT2D eigenvalue weighted by molar-refractivity contribution is 6.31. The van der Waals surface area contributed by atoms with Crippen molar-refractivity contribution < 1.29 is 14.4 Å². The second-order valence-corrected chi connectivity index (χ2v) is 8.46. The summed E-state index contributed by atoms with van der Waals surface area (Å²) in [6.07, 6.45) is 0.974. The number of imide groups is 1. The lowest BCUT2D eigenvalue weighted by atomic mass is 9.87. The van der Waals surface area contributed by atoms with Crippen molar-refractivity contribution in [3.63, 3.8) is 0 Å². The van der Waals surface area contributed by atoms with Crippen molar-refractivity contribution in [1.82, 2.24) is 15.1 Å². The molecule has 0 aliphatic carbocycles. The van der Waals surface area contributed by atoms with Gasteiger partial charge in [-0.15, -0.1) is 0 Å².